The highest BCUT2D eigenvalue weighted by atomic mass is 16.5. The SMILES string of the molecule is C[C@@H]1CNC[C@H]1C(=O)N1CC(C(=O)O)Oc2ccccc21. The summed E-state index contributed by atoms with van der Waals surface area (Å²) in [6.07, 6.45) is -1.02. The number of hydrogen-bond acceptors (Lipinski definition) is 4. The summed E-state index contributed by atoms with van der Waals surface area (Å²) in [5, 5.41) is 12.4. The normalized spacial score (nSPS) is 27.9. The largest absolute Gasteiger partial charge is 0.478 e. The number of rotatable bonds is 2. The molecule has 2 aliphatic rings. The van der Waals surface area contributed by atoms with Crippen LogP contribution in [-0.2, 0) is 9.59 Å². The van der Waals surface area contributed by atoms with Crippen LogP contribution in [0.5, 0.6) is 5.75 Å². The summed E-state index contributed by atoms with van der Waals surface area (Å²) in [5.74, 6) is -0.515. The molecule has 1 aromatic carbocycles. The number of aliphatic carboxylic acids is 1. The van der Waals surface area contributed by atoms with E-state index >= 15 is 0 Å². The summed E-state index contributed by atoms with van der Waals surface area (Å²) in [5.41, 5.74) is 0.652. The van der Waals surface area contributed by atoms with Crippen LogP contribution in [0.15, 0.2) is 24.3 Å². The molecule has 0 aromatic heterocycles. The van der Waals surface area contributed by atoms with Crippen LogP contribution >= 0.6 is 0 Å². The van der Waals surface area contributed by atoms with Crippen LogP contribution in [0.1, 0.15) is 6.92 Å². The molecular formula is C15H18N2O4. The lowest BCUT2D eigenvalue weighted by atomic mass is 9.96. The van der Waals surface area contributed by atoms with Gasteiger partial charge in [-0.3, -0.25) is 4.79 Å². The molecule has 21 heavy (non-hydrogen) atoms. The maximum absolute atomic E-state index is 12.8. The van der Waals surface area contributed by atoms with Crippen LogP contribution in [-0.4, -0.2) is 42.7 Å². The third-order valence-corrected chi connectivity index (χ3v) is 4.15. The van der Waals surface area contributed by atoms with E-state index in [4.69, 9.17) is 4.74 Å². The molecule has 0 aliphatic carbocycles. The van der Waals surface area contributed by atoms with Crippen molar-refractivity contribution in [3.8, 4) is 5.75 Å². The number of nitrogens with one attached hydrogen (secondary N) is 1. The number of hydrogen-bond donors (Lipinski definition) is 2. The molecular weight excluding hydrogens is 272 g/mol. The van der Waals surface area contributed by atoms with Gasteiger partial charge >= 0.3 is 5.97 Å². The van der Waals surface area contributed by atoms with Crippen LogP contribution in [0.2, 0.25) is 0 Å². The minimum Gasteiger partial charge on any atom is -0.478 e. The molecule has 1 fully saturated rings. The van der Waals surface area contributed by atoms with Gasteiger partial charge in [0.25, 0.3) is 0 Å². The summed E-state index contributed by atoms with van der Waals surface area (Å²) in [6.45, 7) is 3.53. The van der Waals surface area contributed by atoms with Gasteiger partial charge < -0.3 is 20.1 Å². The van der Waals surface area contributed by atoms with E-state index < -0.39 is 12.1 Å². The molecule has 0 spiro atoms. The minimum atomic E-state index is -1.06. The Balaban J connectivity index is 1.92. The minimum absolute atomic E-state index is 0.0329. The van der Waals surface area contributed by atoms with Crippen molar-refractivity contribution in [2.75, 3.05) is 24.5 Å². The zero-order valence-corrected chi connectivity index (χ0v) is 11.8. The van der Waals surface area contributed by atoms with E-state index in [9.17, 15) is 14.7 Å². The van der Waals surface area contributed by atoms with Crippen molar-refractivity contribution >= 4 is 17.6 Å². The predicted molar refractivity (Wildman–Crippen MR) is 76.4 cm³/mol. The average molecular weight is 290 g/mol. The lowest BCUT2D eigenvalue weighted by molar-refractivity contribution is -0.145. The third-order valence-electron chi connectivity index (χ3n) is 4.15. The first-order chi connectivity index (χ1) is 10.1. The van der Waals surface area contributed by atoms with Crippen LogP contribution < -0.4 is 15.0 Å². The first-order valence-corrected chi connectivity index (χ1v) is 7.08. The fourth-order valence-corrected chi connectivity index (χ4v) is 2.91. The van der Waals surface area contributed by atoms with Gasteiger partial charge in [0.1, 0.15) is 5.75 Å². The zero-order valence-electron chi connectivity index (χ0n) is 11.8. The van der Waals surface area contributed by atoms with Crippen molar-refractivity contribution in [3.05, 3.63) is 24.3 Å². The summed E-state index contributed by atoms with van der Waals surface area (Å²) in [7, 11) is 0. The van der Waals surface area contributed by atoms with Gasteiger partial charge in [0.15, 0.2) is 0 Å². The molecule has 6 heteroatoms. The Kier molecular flexibility index (Phi) is 3.55. The fourth-order valence-electron chi connectivity index (χ4n) is 2.91. The highest BCUT2D eigenvalue weighted by Gasteiger charge is 2.39. The van der Waals surface area contributed by atoms with Crippen LogP contribution in [0.3, 0.4) is 0 Å². The lowest BCUT2D eigenvalue weighted by Gasteiger charge is -2.35. The summed E-state index contributed by atoms with van der Waals surface area (Å²) < 4.78 is 5.45. The molecule has 0 saturated carbocycles. The lowest BCUT2D eigenvalue weighted by Crippen LogP contribution is -2.49. The standard InChI is InChI=1S/C15H18N2O4/c1-9-6-16-7-10(9)14(18)17-8-13(15(19)20)21-12-5-3-2-4-11(12)17/h2-5,9-10,13,16H,6-8H2,1H3,(H,19,20)/t9-,10-,13?/m1/s1. The quantitative estimate of drug-likeness (QED) is 0.839. The number of carbonyl (C=O) groups is 2. The van der Waals surface area contributed by atoms with Crippen molar-refractivity contribution in [2.45, 2.75) is 13.0 Å². The molecule has 1 amide bonds. The molecule has 3 atom stereocenters. The van der Waals surface area contributed by atoms with Crippen molar-refractivity contribution in [1.29, 1.82) is 0 Å². The van der Waals surface area contributed by atoms with Crippen LogP contribution in [0.4, 0.5) is 5.69 Å². The van der Waals surface area contributed by atoms with Gasteiger partial charge in [0.2, 0.25) is 12.0 Å². The van der Waals surface area contributed by atoms with Crippen molar-refractivity contribution in [1.82, 2.24) is 5.32 Å². The molecule has 1 aromatic rings. The van der Waals surface area contributed by atoms with Gasteiger partial charge in [-0.2, -0.15) is 0 Å². The molecule has 2 heterocycles. The van der Waals surface area contributed by atoms with E-state index in [1.807, 2.05) is 13.0 Å². The Hall–Kier alpha value is -2.08. The Morgan fingerprint density at radius 2 is 2.10 bits per heavy atom. The maximum atomic E-state index is 12.8. The second-order valence-electron chi connectivity index (χ2n) is 5.60. The van der Waals surface area contributed by atoms with Gasteiger partial charge in [0.05, 0.1) is 18.2 Å². The number of anilines is 1. The van der Waals surface area contributed by atoms with E-state index in [-0.39, 0.29) is 24.3 Å². The van der Waals surface area contributed by atoms with Crippen molar-refractivity contribution < 1.29 is 19.4 Å². The second kappa shape index (κ2) is 5.37. The monoisotopic (exact) mass is 290 g/mol. The van der Waals surface area contributed by atoms with E-state index in [0.29, 0.717) is 18.0 Å². The van der Waals surface area contributed by atoms with Gasteiger partial charge in [-0.15, -0.1) is 0 Å². The Morgan fingerprint density at radius 3 is 2.76 bits per heavy atom. The predicted octanol–water partition coefficient (Wildman–Crippen LogP) is 0.721. The number of fused-ring (bicyclic) bond motifs is 1. The Morgan fingerprint density at radius 1 is 1.33 bits per heavy atom. The third kappa shape index (κ3) is 2.47. The number of ether oxygens (including phenoxy) is 1. The van der Waals surface area contributed by atoms with Gasteiger partial charge in [-0.05, 0) is 24.6 Å². The maximum Gasteiger partial charge on any atom is 0.346 e. The summed E-state index contributed by atoms with van der Waals surface area (Å²) in [4.78, 5) is 25.6. The molecule has 1 saturated heterocycles. The van der Waals surface area contributed by atoms with Crippen LogP contribution in [0, 0.1) is 11.8 Å². The summed E-state index contributed by atoms with van der Waals surface area (Å²) in [6, 6.07) is 7.07. The molecule has 0 bridgehead atoms. The molecule has 1 unspecified atom stereocenters. The highest BCUT2D eigenvalue weighted by Crippen LogP contribution is 2.35. The number of para-hydroxylation sites is 2. The van der Waals surface area contributed by atoms with E-state index in [0.717, 1.165) is 6.54 Å². The molecule has 112 valence electrons. The van der Waals surface area contributed by atoms with E-state index in [2.05, 4.69) is 5.32 Å². The van der Waals surface area contributed by atoms with Crippen molar-refractivity contribution in [2.24, 2.45) is 11.8 Å². The average Bonchev–Trinajstić information content (AvgIpc) is 2.91. The number of nitrogens with zero attached hydrogens (tertiary/aromatic N) is 1. The number of carbonyl (C=O) groups excluding carboxylic acids is 1. The Labute approximate surface area is 122 Å². The van der Waals surface area contributed by atoms with E-state index in [1.165, 1.54) is 0 Å². The first-order valence-electron chi connectivity index (χ1n) is 7.08. The topological polar surface area (TPSA) is 78.9 Å². The second-order valence-corrected chi connectivity index (χ2v) is 5.60. The van der Waals surface area contributed by atoms with Gasteiger partial charge in [-0.1, -0.05) is 19.1 Å². The fraction of sp³-hybridized carbons (Fsp3) is 0.467. The molecule has 2 N–H and O–H groups in total. The number of amides is 1. The van der Waals surface area contributed by atoms with Gasteiger partial charge in [0, 0.05) is 6.54 Å². The summed E-state index contributed by atoms with van der Waals surface area (Å²) >= 11 is 0. The molecule has 0 radical (unpaired) electrons. The molecule has 3 rings (SSSR count). The van der Waals surface area contributed by atoms with Crippen molar-refractivity contribution in [3.63, 3.8) is 0 Å². The number of carboxylic acids is 1. The number of carboxylic acid groups (broad SMARTS) is 1. The van der Waals surface area contributed by atoms with Crippen LogP contribution in [0.25, 0.3) is 0 Å². The molecule has 6 nitrogen and oxygen atoms in total. The molecule has 2 aliphatic heterocycles. The zero-order chi connectivity index (χ0) is 15.0. The smallest absolute Gasteiger partial charge is 0.346 e. The van der Waals surface area contributed by atoms with E-state index in [1.54, 1.807) is 23.1 Å². The van der Waals surface area contributed by atoms with Gasteiger partial charge in [-0.25, -0.2) is 4.79 Å². The number of benzene rings is 1. The Bertz CT molecular complexity index is 575. The first kappa shape index (κ1) is 13.9. The highest BCUT2D eigenvalue weighted by molar-refractivity contribution is 5.98.